The van der Waals surface area contributed by atoms with Crippen molar-refractivity contribution in [2.75, 3.05) is 26.2 Å². The number of likely N-dealkylation sites (tertiary alicyclic amines) is 1. The minimum Gasteiger partial charge on any atom is -0.480 e. The zero-order valence-electron chi connectivity index (χ0n) is 33.5. The first-order valence-electron chi connectivity index (χ1n) is 19.5. The van der Waals surface area contributed by atoms with E-state index in [9.17, 15) is 28.6 Å². The van der Waals surface area contributed by atoms with Gasteiger partial charge in [-0.25, -0.2) is 18.7 Å². The Bertz CT molecular complexity index is 2360. The first-order valence-corrected chi connectivity index (χ1v) is 20.3. The van der Waals surface area contributed by atoms with Gasteiger partial charge in [0.15, 0.2) is 11.4 Å². The van der Waals surface area contributed by atoms with Gasteiger partial charge in [-0.1, -0.05) is 47.5 Å². The highest BCUT2D eigenvalue weighted by Gasteiger charge is 2.34. The van der Waals surface area contributed by atoms with Gasteiger partial charge in [0.2, 0.25) is 17.7 Å². The number of oxazole rings is 2. The molecule has 15 nitrogen and oxygen atoms in total. The van der Waals surface area contributed by atoms with Crippen molar-refractivity contribution in [1.29, 1.82) is 0 Å². The van der Waals surface area contributed by atoms with E-state index in [-0.39, 0.29) is 36.5 Å². The van der Waals surface area contributed by atoms with Crippen LogP contribution >= 0.6 is 23.2 Å². The van der Waals surface area contributed by atoms with Gasteiger partial charge < -0.3 is 34.4 Å². The van der Waals surface area contributed by atoms with E-state index in [0.29, 0.717) is 77.5 Å². The Morgan fingerprint density at radius 3 is 1.56 bits per heavy atom. The van der Waals surface area contributed by atoms with Crippen molar-refractivity contribution in [3.63, 3.8) is 0 Å². The topological polar surface area (TPSA) is 198 Å². The fourth-order valence-corrected chi connectivity index (χ4v) is 7.48. The van der Waals surface area contributed by atoms with Crippen molar-refractivity contribution < 1.29 is 42.5 Å². The van der Waals surface area contributed by atoms with Gasteiger partial charge in [0.25, 0.3) is 0 Å². The number of benzene rings is 2. The molecule has 0 spiro atoms. The second kappa shape index (κ2) is 19.9. The molecule has 1 amide bonds. The summed E-state index contributed by atoms with van der Waals surface area (Å²) in [7, 11) is 0. The number of carboxylic acids is 1. The molecular formula is C42H46Cl2F2N8O7. The number of hydrogen-bond donors (Lipinski definition) is 4. The van der Waals surface area contributed by atoms with Crippen LogP contribution in [0.1, 0.15) is 48.2 Å². The fraction of sp³-hybridized carbons (Fsp3) is 0.381. The van der Waals surface area contributed by atoms with Crippen LogP contribution in [0.2, 0.25) is 10.0 Å². The fourth-order valence-electron chi connectivity index (χ4n) is 7.05. The number of carbonyl (C=O) groups excluding carboxylic acids is 1. The van der Waals surface area contributed by atoms with E-state index in [1.807, 2.05) is 0 Å². The molecule has 0 unspecified atom stereocenters. The second-order valence-corrected chi connectivity index (χ2v) is 15.8. The average Bonchev–Trinajstić information content (AvgIpc) is 4.06. The maximum Gasteiger partial charge on any atom is 0.325 e. The maximum atomic E-state index is 13.1. The van der Waals surface area contributed by atoms with E-state index in [0.717, 1.165) is 37.1 Å². The van der Waals surface area contributed by atoms with Crippen molar-refractivity contribution >= 4 is 35.1 Å². The van der Waals surface area contributed by atoms with E-state index < -0.39 is 17.2 Å². The van der Waals surface area contributed by atoms with Gasteiger partial charge in [-0.15, -0.1) is 0 Å². The first-order chi connectivity index (χ1) is 29.1. The van der Waals surface area contributed by atoms with Crippen LogP contribution in [0.15, 0.2) is 82.3 Å². The number of nitrogens with zero attached hydrogens (tertiary/aromatic N) is 7. The van der Waals surface area contributed by atoms with Gasteiger partial charge in [-0.3, -0.25) is 19.0 Å². The Morgan fingerprint density at radius 1 is 0.721 bits per heavy atom. The highest BCUT2D eigenvalue weighted by atomic mass is 35.5. The zero-order valence-corrected chi connectivity index (χ0v) is 35.0. The van der Waals surface area contributed by atoms with Crippen molar-refractivity contribution in [3.8, 4) is 23.2 Å². The molecule has 6 aromatic rings. The molecule has 2 aliphatic rings. The Morgan fingerprint density at radius 2 is 1.15 bits per heavy atom. The Hall–Kier alpha value is -5.46. The predicted octanol–water partition coefficient (Wildman–Crippen LogP) is 6.30. The molecule has 2 fully saturated rings. The molecule has 61 heavy (non-hydrogen) atoms. The monoisotopic (exact) mass is 882 g/mol. The van der Waals surface area contributed by atoms with Gasteiger partial charge in [0.1, 0.15) is 37.3 Å². The lowest BCUT2D eigenvalue weighted by Gasteiger charge is -2.38. The SMILES string of the molecule is Cc1c(Cl)c(-c2ncco2)nn1CC(=O)N1CCC(O)(Cc2ccc(F)cc2)CC1.Cc1c(Cl)c(-c2ncco2)nn1CC(=O)O.OC1(Cc2ccc(F)cc2)CCNCC1. The molecular weight excluding hydrogens is 837 g/mol. The van der Waals surface area contributed by atoms with Crippen LogP contribution in [-0.4, -0.2) is 99.0 Å². The number of aromatic nitrogens is 6. The summed E-state index contributed by atoms with van der Waals surface area (Å²) in [6.45, 7) is 5.87. The van der Waals surface area contributed by atoms with Gasteiger partial charge in [-0.2, -0.15) is 10.2 Å². The molecule has 0 radical (unpaired) electrons. The van der Waals surface area contributed by atoms with Gasteiger partial charge in [0, 0.05) is 25.9 Å². The third kappa shape index (κ3) is 11.9. The van der Waals surface area contributed by atoms with Crippen LogP contribution in [0.5, 0.6) is 0 Å². The molecule has 4 aromatic heterocycles. The van der Waals surface area contributed by atoms with Crippen molar-refractivity contribution in [1.82, 2.24) is 39.7 Å². The minimum atomic E-state index is -0.985. The highest BCUT2D eigenvalue weighted by Crippen LogP contribution is 2.31. The summed E-state index contributed by atoms with van der Waals surface area (Å²) in [5.74, 6) is -1.03. The number of rotatable bonds is 10. The van der Waals surface area contributed by atoms with E-state index in [2.05, 4.69) is 25.5 Å². The average molecular weight is 884 g/mol. The second-order valence-electron chi connectivity index (χ2n) is 15.1. The lowest BCUT2D eigenvalue weighted by atomic mass is 9.85. The van der Waals surface area contributed by atoms with E-state index >= 15 is 0 Å². The van der Waals surface area contributed by atoms with E-state index in [1.165, 1.54) is 53.9 Å². The van der Waals surface area contributed by atoms with Crippen LogP contribution in [0.4, 0.5) is 8.78 Å². The third-order valence-electron chi connectivity index (χ3n) is 10.6. The summed E-state index contributed by atoms with van der Waals surface area (Å²) in [4.78, 5) is 33.1. The molecule has 2 aliphatic heterocycles. The van der Waals surface area contributed by atoms with Crippen LogP contribution in [0, 0.1) is 25.5 Å². The third-order valence-corrected chi connectivity index (χ3v) is 11.5. The summed E-state index contributed by atoms with van der Waals surface area (Å²) < 4.78 is 38.9. The Balaban J connectivity index is 0.000000169. The van der Waals surface area contributed by atoms with Gasteiger partial charge >= 0.3 is 5.97 Å². The molecule has 0 bridgehead atoms. The lowest BCUT2D eigenvalue weighted by molar-refractivity contribution is -0.138. The summed E-state index contributed by atoms with van der Waals surface area (Å²) in [6, 6.07) is 12.5. The van der Waals surface area contributed by atoms with Gasteiger partial charge in [-0.05, 0) is 88.0 Å². The maximum absolute atomic E-state index is 13.1. The molecule has 6 heterocycles. The zero-order chi connectivity index (χ0) is 43.7. The predicted molar refractivity (Wildman–Crippen MR) is 221 cm³/mol. The number of nitrogens with one attached hydrogen (secondary N) is 1. The largest absolute Gasteiger partial charge is 0.480 e. The number of piperidine rings is 2. The molecule has 2 aromatic carbocycles. The molecule has 2 saturated heterocycles. The van der Waals surface area contributed by atoms with Crippen LogP contribution in [-0.2, 0) is 35.5 Å². The number of hydrogen-bond acceptors (Lipinski definition) is 11. The highest BCUT2D eigenvalue weighted by molar-refractivity contribution is 6.33. The molecule has 19 heteroatoms. The number of carboxylic acid groups (broad SMARTS) is 1. The lowest BCUT2D eigenvalue weighted by Crippen LogP contribution is -2.48. The molecule has 0 atom stereocenters. The van der Waals surface area contributed by atoms with E-state index in [1.54, 1.807) is 47.7 Å². The van der Waals surface area contributed by atoms with Crippen LogP contribution in [0.3, 0.4) is 0 Å². The Labute approximate surface area is 359 Å². The Kier molecular flexibility index (Phi) is 14.7. The van der Waals surface area contributed by atoms with Crippen molar-refractivity contribution in [2.24, 2.45) is 0 Å². The number of aliphatic carboxylic acids is 1. The number of aliphatic hydroxyl groups is 2. The summed E-state index contributed by atoms with van der Waals surface area (Å²) in [5.41, 5.74) is 2.34. The quantitative estimate of drug-likeness (QED) is 0.120. The standard InChI is InChI=1S/C21H22ClFN4O3.C12H16FNO.C9H8ClN3O3/c1-14-18(22)19(20-24-8-11-30-20)25-27(14)13-17(28)26-9-6-21(29,7-10-26)12-15-2-4-16(23)5-3-15;13-11-3-1-10(2-4-11)9-12(15)5-7-14-8-6-12;1-5-7(10)8(9-11-2-3-16-9)12-13(5)4-6(14)15/h2-5,8,11,29H,6-7,9-10,12-13H2,1H3;1-4,14-15H,5-9H2;2-3H,4H2,1H3,(H,14,15). The molecule has 324 valence electrons. The van der Waals surface area contributed by atoms with Crippen LogP contribution < -0.4 is 5.32 Å². The molecule has 4 N–H and O–H groups in total. The minimum absolute atomic E-state index is 0.0443. The normalized spacial score (nSPS) is 15.6. The smallest absolute Gasteiger partial charge is 0.325 e. The summed E-state index contributed by atoms with van der Waals surface area (Å²) in [6.07, 6.45) is 9.31. The number of amides is 1. The van der Waals surface area contributed by atoms with Gasteiger partial charge in [0.05, 0.1) is 45.0 Å². The molecule has 0 aliphatic carbocycles. The first kappa shape index (κ1) is 45.1. The summed E-state index contributed by atoms with van der Waals surface area (Å²) >= 11 is 12.3. The van der Waals surface area contributed by atoms with Crippen molar-refractivity contribution in [2.45, 2.75) is 76.7 Å². The van der Waals surface area contributed by atoms with Crippen LogP contribution in [0.25, 0.3) is 23.2 Å². The molecule has 8 rings (SSSR count). The van der Waals surface area contributed by atoms with Crippen molar-refractivity contribution in [3.05, 3.63) is 118 Å². The number of carbonyl (C=O) groups is 2. The summed E-state index contributed by atoms with van der Waals surface area (Å²) in [5, 5.41) is 42.2. The van der Waals surface area contributed by atoms with E-state index in [4.69, 9.17) is 37.1 Å². The number of halogens is 4. The molecule has 0 saturated carbocycles.